The number of rotatable bonds is 1. The lowest BCUT2D eigenvalue weighted by Gasteiger charge is -2.04. The maximum atomic E-state index is 9.44. The molecule has 27 heavy (non-hydrogen) atoms. The van der Waals surface area contributed by atoms with Gasteiger partial charge in [-0.2, -0.15) is 0 Å². The molecule has 0 aromatic heterocycles. The summed E-state index contributed by atoms with van der Waals surface area (Å²) in [5.74, 6) is 0. The van der Waals surface area contributed by atoms with Crippen molar-refractivity contribution in [2.75, 3.05) is 0 Å². The quantitative estimate of drug-likeness (QED) is 0.627. The predicted molar refractivity (Wildman–Crippen MR) is 115 cm³/mol. The van der Waals surface area contributed by atoms with Crippen LogP contribution in [0.25, 0.3) is 35.1 Å². The average Bonchev–Trinajstić information content (AvgIpc) is 2.68. The van der Waals surface area contributed by atoms with Gasteiger partial charge in [0, 0.05) is 0 Å². The summed E-state index contributed by atoms with van der Waals surface area (Å²) in [6.45, 7) is 0. The Morgan fingerprint density at radius 2 is 1.30 bits per heavy atom. The fraction of sp³-hybridized carbons (Fsp3) is 0. The molecule has 0 radical (unpaired) electrons. The third-order valence-corrected chi connectivity index (χ3v) is 4.73. The zero-order valence-electron chi connectivity index (χ0n) is 14.8. The first kappa shape index (κ1) is 17.3. The highest BCUT2D eigenvalue weighted by Gasteiger charge is 2.10. The Bertz CT molecular complexity index is 1300. The first-order valence-corrected chi connectivity index (χ1v) is 8.94. The van der Waals surface area contributed by atoms with Crippen LogP contribution in [0.5, 0.6) is 0 Å². The van der Waals surface area contributed by atoms with E-state index in [1.807, 2.05) is 54.6 Å². The fourth-order valence-electron chi connectivity index (χ4n) is 3.31. The third kappa shape index (κ3) is 3.70. The molecule has 0 saturated heterocycles. The van der Waals surface area contributed by atoms with Crippen molar-refractivity contribution in [2.45, 2.75) is 0 Å². The van der Waals surface area contributed by atoms with Gasteiger partial charge in [0.15, 0.2) is 0 Å². The molecule has 2 N–H and O–H groups in total. The van der Waals surface area contributed by atoms with Crippen molar-refractivity contribution in [2.24, 2.45) is 0 Å². The lowest BCUT2D eigenvalue weighted by Crippen LogP contribution is -2.31. The Kier molecular flexibility index (Phi) is 4.88. The monoisotopic (exact) mass is 350 g/mol. The van der Waals surface area contributed by atoms with E-state index in [2.05, 4.69) is 42.5 Å². The van der Waals surface area contributed by atoms with Crippen LogP contribution >= 0.6 is 0 Å². The first-order valence-electron chi connectivity index (χ1n) is 8.94. The van der Waals surface area contributed by atoms with E-state index >= 15 is 0 Å². The van der Waals surface area contributed by atoms with Gasteiger partial charge in [0.05, 0.1) is 0 Å². The zero-order chi connectivity index (χ0) is 18.6. The Balaban J connectivity index is 2.06. The average molecular weight is 350 g/mol. The van der Waals surface area contributed by atoms with Gasteiger partial charge in [-0.15, -0.1) is 0 Å². The van der Waals surface area contributed by atoms with Gasteiger partial charge in [-0.3, -0.25) is 0 Å². The van der Waals surface area contributed by atoms with Crippen molar-refractivity contribution < 1.29 is 10.0 Å². The minimum Gasteiger partial charge on any atom is -0.423 e. The molecular formula is C24H19BO2. The summed E-state index contributed by atoms with van der Waals surface area (Å²) in [4.78, 5) is 0. The maximum Gasteiger partial charge on any atom is 0.488 e. The molecule has 1 aliphatic rings. The van der Waals surface area contributed by atoms with Gasteiger partial charge in [-0.25, -0.2) is 0 Å². The van der Waals surface area contributed by atoms with Gasteiger partial charge in [-0.1, -0.05) is 103 Å². The van der Waals surface area contributed by atoms with Crippen molar-refractivity contribution in [3.63, 3.8) is 0 Å². The molecule has 0 heterocycles. The van der Waals surface area contributed by atoms with E-state index < -0.39 is 7.12 Å². The van der Waals surface area contributed by atoms with E-state index in [9.17, 15) is 10.0 Å². The van der Waals surface area contributed by atoms with Crippen molar-refractivity contribution in [1.82, 2.24) is 0 Å². The van der Waals surface area contributed by atoms with E-state index in [4.69, 9.17) is 0 Å². The molecule has 0 unspecified atom stereocenters. The number of hydrogen-bond donors (Lipinski definition) is 2. The molecule has 0 bridgehead atoms. The third-order valence-electron chi connectivity index (χ3n) is 4.73. The summed E-state index contributed by atoms with van der Waals surface area (Å²) < 4.78 is 0. The van der Waals surface area contributed by atoms with Gasteiger partial charge in [0.25, 0.3) is 0 Å². The second-order valence-electron chi connectivity index (χ2n) is 6.49. The Morgan fingerprint density at radius 3 is 2.07 bits per heavy atom. The Morgan fingerprint density at radius 1 is 0.593 bits per heavy atom. The minimum absolute atomic E-state index is 0.495. The van der Waals surface area contributed by atoms with Crippen LogP contribution in [0.15, 0.2) is 78.9 Å². The van der Waals surface area contributed by atoms with Gasteiger partial charge in [0.1, 0.15) is 0 Å². The van der Waals surface area contributed by atoms with Gasteiger partial charge in [0.2, 0.25) is 0 Å². The number of fused-ring (bicyclic) bond motifs is 4. The SMILES string of the molecule is OB(O)c1ccc2c3/c(ccc2c1)=C\C=c1\cccc\c1=C\C=C\C=C\C=3. The summed E-state index contributed by atoms with van der Waals surface area (Å²) in [6.07, 6.45) is 16.6. The molecule has 0 amide bonds. The Labute approximate surface area is 157 Å². The van der Waals surface area contributed by atoms with Gasteiger partial charge >= 0.3 is 7.12 Å². The molecule has 130 valence electrons. The summed E-state index contributed by atoms with van der Waals surface area (Å²) in [6, 6.07) is 17.9. The highest BCUT2D eigenvalue weighted by atomic mass is 16.4. The van der Waals surface area contributed by atoms with Crippen molar-refractivity contribution in [3.05, 3.63) is 99.8 Å². The lowest BCUT2D eigenvalue weighted by atomic mass is 9.79. The summed E-state index contributed by atoms with van der Waals surface area (Å²) in [5, 5.41) is 25.5. The summed E-state index contributed by atoms with van der Waals surface area (Å²) in [7, 11) is -1.46. The van der Waals surface area contributed by atoms with Crippen LogP contribution in [0.1, 0.15) is 0 Å². The van der Waals surface area contributed by atoms with Crippen molar-refractivity contribution in [1.29, 1.82) is 0 Å². The van der Waals surface area contributed by atoms with E-state index in [0.717, 1.165) is 26.4 Å². The Hall–Kier alpha value is -3.14. The van der Waals surface area contributed by atoms with Crippen molar-refractivity contribution >= 4 is 47.7 Å². The zero-order valence-corrected chi connectivity index (χ0v) is 14.8. The second kappa shape index (κ2) is 7.62. The minimum atomic E-state index is -1.46. The fourth-order valence-corrected chi connectivity index (χ4v) is 3.31. The molecule has 0 atom stereocenters. The number of benzene rings is 3. The lowest BCUT2D eigenvalue weighted by molar-refractivity contribution is 0.426. The van der Waals surface area contributed by atoms with Crippen LogP contribution in [-0.4, -0.2) is 17.2 Å². The molecule has 3 aromatic carbocycles. The van der Waals surface area contributed by atoms with E-state index in [-0.39, 0.29) is 0 Å². The molecule has 4 rings (SSSR count). The standard InChI is InChI=1S/C24H19BO2/c26-25(27)22-15-16-24-21(17-22)14-13-20-12-11-19-9-6-5-8-18(19)7-3-1-2-4-10-23(20)24/h1-17,26-27H/b2-1?,3-1+,4-2+,7-3?,10-4?,12-11?,18-7-,19-11-,20-12-,23-10+. The molecule has 2 nitrogen and oxygen atoms in total. The van der Waals surface area contributed by atoms with Crippen LogP contribution in [0.4, 0.5) is 0 Å². The maximum absolute atomic E-state index is 9.44. The van der Waals surface area contributed by atoms with Crippen LogP contribution in [0.2, 0.25) is 0 Å². The molecule has 1 aliphatic carbocycles. The smallest absolute Gasteiger partial charge is 0.423 e. The summed E-state index contributed by atoms with van der Waals surface area (Å²) in [5.41, 5.74) is 0.495. The van der Waals surface area contributed by atoms with E-state index in [1.165, 1.54) is 5.22 Å². The van der Waals surface area contributed by atoms with Crippen LogP contribution in [-0.2, 0) is 0 Å². The second-order valence-corrected chi connectivity index (χ2v) is 6.49. The number of allylic oxidation sites excluding steroid dienone is 4. The topological polar surface area (TPSA) is 40.5 Å². The van der Waals surface area contributed by atoms with E-state index in [0.29, 0.717) is 5.46 Å². The summed E-state index contributed by atoms with van der Waals surface area (Å²) >= 11 is 0. The molecule has 3 heteroatoms. The van der Waals surface area contributed by atoms with Gasteiger partial charge in [-0.05, 0) is 37.1 Å². The van der Waals surface area contributed by atoms with Crippen LogP contribution in [0, 0.1) is 0 Å². The normalized spacial score (nSPS) is 20.4. The molecule has 0 aliphatic heterocycles. The number of hydrogen-bond acceptors (Lipinski definition) is 2. The molecule has 0 saturated carbocycles. The highest BCUT2D eigenvalue weighted by Crippen LogP contribution is 2.06. The van der Waals surface area contributed by atoms with Crippen LogP contribution < -0.4 is 26.3 Å². The predicted octanol–water partition coefficient (Wildman–Crippen LogP) is 0.468. The molecule has 0 spiro atoms. The highest BCUT2D eigenvalue weighted by molar-refractivity contribution is 6.58. The molecular weight excluding hydrogens is 331 g/mol. The van der Waals surface area contributed by atoms with Gasteiger partial charge < -0.3 is 10.0 Å². The van der Waals surface area contributed by atoms with Crippen molar-refractivity contribution in [3.8, 4) is 0 Å². The molecule has 3 aromatic rings. The van der Waals surface area contributed by atoms with E-state index in [1.54, 1.807) is 6.07 Å². The first-order chi connectivity index (χ1) is 13.2. The molecule has 0 fully saturated rings. The largest absolute Gasteiger partial charge is 0.488 e. The van der Waals surface area contributed by atoms with Crippen LogP contribution in [0.3, 0.4) is 0 Å².